The van der Waals surface area contributed by atoms with Crippen LogP contribution in [0, 0.1) is 0 Å². The van der Waals surface area contributed by atoms with Crippen molar-refractivity contribution in [1.29, 1.82) is 0 Å². The number of hydrogen-bond donors (Lipinski definition) is 2. The average molecular weight is 367 g/mol. The number of ketones is 1. The lowest BCUT2D eigenvalue weighted by molar-refractivity contribution is -0.119. The molecule has 0 atom stereocenters. The Kier molecular flexibility index (Phi) is 6.95. The second-order valence-electron chi connectivity index (χ2n) is 5.79. The number of hydrogen-bond acceptors (Lipinski definition) is 3. The fourth-order valence-corrected chi connectivity index (χ4v) is 2.98. The SMILES string of the molecule is O=C(CCCc1cc(Cl)ccc1O)CCCc1cc(Cl)ccc1O. The van der Waals surface area contributed by atoms with Crippen molar-refractivity contribution in [2.45, 2.75) is 38.5 Å². The average Bonchev–Trinajstić information content (AvgIpc) is 2.54. The van der Waals surface area contributed by atoms with Crippen LogP contribution >= 0.6 is 23.2 Å². The predicted molar refractivity (Wildman–Crippen MR) is 97.1 cm³/mol. The molecule has 128 valence electrons. The molecule has 0 saturated carbocycles. The van der Waals surface area contributed by atoms with Gasteiger partial charge in [0.05, 0.1) is 0 Å². The van der Waals surface area contributed by atoms with E-state index in [9.17, 15) is 15.0 Å². The number of carbonyl (C=O) groups excluding carboxylic acids is 1. The molecule has 2 aromatic rings. The van der Waals surface area contributed by atoms with Gasteiger partial charge in [0.15, 0.2) is 0 Å². The minimum Gasteiger partial charge on any atom is -0.508 e. The van der Waals surface area contributed by atoms with Gasteiger partial charge in [-0.2, -0.15) is 0 Å². The summed E-state index contributed by atoms with van der Waals surface area (Å²) >= 11 is 11.8. The molecule has 2 rings (SSSR count). The molecule has 3 nitrogen and oxygen atoms in total. The highest BCUT2D eigenvalue weighted by molar-refractivity contribution is 6.31. The molecule has 0 aliphatic rings. The number of halogens is 2. The summed E-state index contributed by atoms with van der Waals surface area (Å²) < 4.78 is 0. The van der Waals surface area contributed by atoms with E-state index in [-0.39, 0.29) is 17.3 Å². The zero-order chi connectivity index (χ0) is 17.5. The Morgan fingerprint density at radius 2 is 1.21 bits per heavy atom. The van der Waals surface area contributed by atoms with Gasteiger partial charge in [-0.15, -0.1) is 0 Å². The third kappa shape index (κ3) is 5.73. The van der Waals surface area contributed by atoms with E-state index in [1.54, 1.807) is 36.4 Å². The predicted octanol–water partition coefficient (Wildman–Crippen LogP) is 5.32. The fraction of sp³-hybridized carbons (Fsp3) is 0.316. The van der Waals surface area contributed by atoms with Gasteiger partial charge in [-0.05, 0) is 73.2 Å². The molecule has 2 N–H and O–H groups in total. The number of benzene rings is 2. The van der Waals surface area contributed by atoms with Crippen LogP contribution in [0.5, 0.6) is 11.5 Å². The maximum Gasteiger partial charge on any atom is 0.132 e. The molecule has 0 unspecified atom stereocenters. The molecule has 0 spiro atoms. The molecule has 5 heteroatoms. The van der Waals surface area contributed by atoms with E-state index in [1.807, 2.05) is 0 Å². The number of rotatable bonds is 8. The Hall–Kier alpha value is -1.71. The van der Waals surface area contributed by atoms with Crippen molar-refractivity contribution in [2.75, 3.05) is 0 Å². The minimum absolute atomic E-state index is 0.179. The van der Waals surface area contributed by atoms with E-state index < -0.39 is 0 Å². The van der Waals surface area contributed by atoms with Gasteiger partial charge in [0, 0.05) is 22.9 Å². The quantitative estimate of drug-likeness (QED) is 0.664. The number of phenolic OH excluding ortho intramolecular Hbond substituents is 2. The molecule has 0 amide bonds. The first-order chi connectivity index (χ1) is 11.5. The van der Waals surface area contributed by atoms with E-state index in [1.165, 1.54) is 0 Å². The summed E-state index contributed by atoms with van der Waals surface area (Å²) in [6.07, 6.45) is 3.52. The summed E-state index contributed by atoms with van der Waals surface area (Å²) in [6, 6.07) is 9.86. The number of carbonyl (C=O) groups is 1. The molecule has 2 aromatic carbocycles. The molecule has 0 aliphatic carbocycles. The molecule has 0 radical (unpaired) electrons. The van der Waals surface area contributed by atoms with Crippen LogP contribution in [0.15, 0.2) is 36.4 Å². The molecule has 0 aromatic heterocycles. The molecular formula is C19H20Cl2O3. The maximum absolute atomic E-state index is 12.0. The van der Waals surface area contributed by atoms with Crippen molar-refractivity contribution < 1.29 is 15.0 Å². The summed E-state index contributed by atoms with van der Waals surface area (Å²) in [6.45, 7) is 0. The first-order valence-corrected chi connectivity index (χ1v) is 8.68. The van der Waals surface area contributed by atoms with Crippen molar-refractivity contribution in [1.82, 2.24) is 0 Å². The minimum atomic E-state index is 0.179. The Morgan fingerprint density at radius 3 is 1.62 bits per heavy atom. The third-order valence-electron chi connectivity index (χ3n) is 3.89. The Morgan fingerprint density at radius 1 is 0.792 bits per heavy atom. The lowest BCUT2D eigenvalue weighted by atomic mass is 10.0. The largest absolute Gasteiger partial charge is 0.508 e. The first kappa shape index (κ1) is 18.6. The van der Waals surface area contributed by atoms with Crippen molar-refractivity contribution in [2.24, 2.45) is 0 Å². The molecule has 0 bridgehead atoms. The van der Waals surface area contributed by atoms with Crippen molar-refractivity contribution >= 4 is 29.0 Å². The second kappa shape index (κ2) is 8.95. The fourth-order valence-electron chi connectivity index (χ4n) is 2.59. The molecule has 0 heterocycles. The number of phenols is 2. The monoisotopic (exact) mass is 366 g/mol. The number of aryl methyl sites for hydroxylation is 2. The highest BCUT2D eigenvalue weighted by atomic mass is 35.5. The first-order valence-electron chi connectivity index (χ1n) is 7.92. The van der Waals surface area contributed by atoms with Gasteiger partial charge < -0.3 is 10.2 Å². The number of aromatic hydroxyl groups is 2. The molecular weight excluding hydrogens is 347 g/mol. The molecule has 0 saturated heterocycles. The van der Waals surface area contributed by atoms with Crippen LogP contribution in [0.4, 0.5) is 0 Å². The van der Waals surface area contributed by atoms with Crippen LogP contribution in [0.3, 0.4) is 0 Å². The lowest BCUT2D eigenvalue weighted by Crippen LogP contribution is -2.00. The van der Waals surface area contributed by atoms with E-state index >= 15 is 0 Å². The molecule has 24 heavy (non-hydrogen) atoms. The standard InChI is InChI=1S/C19H20Cl2O3/c20-15-7-9-18(23)13(11-15)3-1-5-17(22)6-2-4-14-12-16(21)8-10-19(14)24/h7-12,23-24H,1-6H2. The smallest absolute Gasteiger partial charge is 0.132 e. The van der Waals surface area contributed by atoms with Crippen LogP contribution in [0.1, 0.15) is 36.8 Å². The molecule has 0 fully saturated rings. The van der Waals surface area contributed by atoms with Gasteiger partial charge in [0.2, 0.25) is 0 Å². The molecule has 0 aliphatic heterocycles. The zero-order valence-electron chi connectivity index (χ0n) is 13.3. The number of Topliss-reactive ketones (excluding diaryl/α,β-unsaturated/α-hetero) is 1. The van der Waals surface area contributed by atoms with Gasteiger partial charge in [-0.1, -0.05) is 23.2 Å². The Balaban J connectivity index is 1.72. The summed E-state index contributed by atoms with van der Waals surface area (Å²) in [5.74, 6) is 0.601. The summed E-state index contributed by atoms with van der Waals surface area (Å²) in [5, 5.41) is 20.6. The van der Waals surface area contributed by atoms with Crippen molar-refractivity contribution in [3.63, 3.8) is 0 Å². The van der Waals surface area contributed by atoms with Gasteiger partial charge in [-0.25, -0.2) is 0 Å². The highest BCUT2D eigenvalue weighted by Gasteiger charge is 2.07. The van der Waals surface area contributed by atoms with Gasteiger partial charge in [0.1, 0.15) is 17.3 Å². The van der Waals surface area contributed by atoms with E-state index in [2.05, 4.69) is 0 Å². The Labute approximate surface area is 151 Å². The van der Waals surface area contributed by atoms with Gasteiger partial charge in [0.25, 0.3) is 0 Å². The summed E-state index contributed by atoms with van der Waals surface area (Å²) in [5.41, 5.74) is 1.53. The van der Waals surface area contributed by atoms with Crippen molar-refractivity contribution in [3.05, 3.63) is 57.6 Å². The highest BCUT2D eigenvalue weighted by Crippen LogP contribution is 2.24. The summed E-state index contributed by atoms with van der Waals surface area (Å²) in [7, 11) is 0. The van der Waals surface area contributed by atoms with Gasteiger partial charge in [-0.3, -0.25) is 4.79 Å². The van der Waals surface area contributed by atoms with Crippen LogP contribution in [0.25, 0.3) is 0 Å². The Bertz CT molecular complexity index is 654. The van der Waals surface area contributed by atoms with E-state index in [4.69, 9.17) is 23.2 Å². The van der Waals surface area contributed by atoms with Crippen LogP contribution in [-0.4, -0.2) is 16.0 Å². The van der Waals surface area contributed by atoms with Crippen LogP contribution in [-0.2, 0) is 17.6 Å². The van der Waals surface area contributed by atoms with Gasteiger partial charge >= 0.3 is 0 Å². The normalized spacial score (nSPS) is 10.8. The summed E-state index contributed by atoms with van der Waals surface area (Å²) in [4.78, 5) is 12.0. The third-order valence-corrected chi connectivity index (χ3v) is 4.36. The second-order valence-corrected chi connectivity index (χ2v) is 6.66. The van der Waals surface area contributed by atoms with E-state index in [0.29, 0.717) is 48.6 Å². The van der Waals surface area contributed by atoms with Crippen LogP contribution < -0.4 is 0 Å². The zero-order valence-corrected chi connectivity index (χ0v) is 14.8. The van der Waals surface area contributed by atoms with E-state index in [0.717, 1.165) is 11.1 Å². The maximum atomic E-state index is 12.0. The van der Waals surface area contributed by atoms with Crippen LogP contribution in [0.2, 0.25) is 10.0 Å². The topological polar surface area (TPSA) is 57.5 Å². The van der Waals surface area contributed by atoms with Crippen molar-refractivity contribution in [3.8, 4) is 11.5 Å². The lowest BCUT2D eigenvalue weighted by Gasteiger charge is -2.06.